The Hall–Kier alpha value is -1.36. The summed E-state index contributed by atoms with van der Waals surface area (Å²) in [6, 6.07) is 2.08. The highest BCUT2D eigenvalue weighted by Crippen LogP contribution is 2.21. The summed E-state index contributed by atoms with van der Waals surface area (Å²) in [5, 5.41) is 7.08. The van der Waals surface area contributed by atoms with Gasteiger partial charge in [0.05, 0.1) is 5.41 Å². The number of rotatable bonds is 5. The Morgan fingerprint density at radius 2 is 2.29 bits per heavy atom. The second-order valence-electron chi connectivity index (χ2n) is 4.85. The third-order valence-electron chi connectivity index (χ3n) is 3.16. The number of aromatic nitrogens is 2. The van der Waals surface area contributed by atoms with Gasteiger partial charge in [-0.1, -0.05) is 6.92 Å². The SMILES string of the molecule is CCC(C)(CN)C(=O)Nc1ccn(C(C)C)n1. The van der Waals surface area contributed by atoms with Crippen molar-refractivity contribution in [2.75, 3.05) is 11.9 Å². The molecule has 0 saturated carbocycles. The first-order chi connectivity index (χ1) is 7.92. The third-order valence-corrected chi connectivity index (χ3v) is 3.16. The van der Waals surface area contributed by atoms with E-state index in [1.165, 1.54) is 0 Å². The second-order valence-corrected chi connectivity index (χ2v) is 4.85. The highest BCUT2D eigenvalue weighted by Gasteiger charge is 2.30. The van der Waals surface area contributed by atoms with E-state index in [1.807, 2.05) is 33.9 Å². The lowest BCUT2D eigenvalue weighted by Gasteiger charge is -2.24. The van der Waals surface area contributed by atoms with Crippen molar-refractivity contribution < 1.29 is 4.79 Å². The van der Waals surface area contributed by atoms with Gasteiger partial charge in [0.15, 0.2) is 5.82 Å². The maximum atomic E-state index is 12.0. The molecule has 0 aromatic carbocycles. The van der Waals surface area contributed by atoms with Gasteiger partial charge in [0.2, 0.25) is 5.91 Å². The first-order valence-corrected chi connectivity index (χ1v) is 5.99. The maximum Gasteiger partial charge on any atom is 0.232 e. The Morgan fingerprint density at radius 3 is 2.71 bits per heavy atom. The molecular weight excluding hydrogens is 216 g/mol. The Labute approximate surface area is 102 Å². The minimum Gasteiger partial charge on any atom is -0.329 e. The Balaban J connectivity index is 2.74. The fourth-order valence-electron chi connectivity index (χ4n) is 1.36. The zero-order valence-electron chi connectivity index (χ0n) is 11.0. The zero-order valence-corrected chi connectivity index (χ0v) is 11.0. The largest absolute Gasteiger partial charge is 0.329 e. The van der Waals surface area contributed by atoms with E-state index in [-0.39, 0.29) is 11.9 Å². The number of anilines is 1. The van der Waals surface area contributed by atoms with E-state index in [9.17, 15) is 4.79 Å². The predicted molar refractivity (Wildman–Crippen MR) is 68.7 cm³/mol. The van der Waals surface area contributed by atoms with Crippen molar-refractivity contribution in [1.82, 2.24) is 9.78 Å². The monoisotopic (exact) mass is 238 g/mol. The van der Waals surface area contributed by atoms with Crippen LogP contribution >= 0.6 is 0 Å². The Kier molecular flexibility index (Phi) is 4.28. The molecule has 0 fully saturated rings. The van der Waals surface area contributed by atoms with Crippen LogP contribution in [0.5, 0.6) is 0 Å². The van der Waals surface area contributed by atoms with Crippen LogP contribution in [0.2, 0.25) is 0 Å². The van der Waals surface area contributed by atoms with Gasteiger partial charge in [-0.25, -0.2) is 0 Å². The molecule has 3 N–H and O–H groups in total. The van der Waals surface area contributed by atoms with Crippen molar-refractivity contribution in [1.29, 1.82) is 0 Å². The summed E-state index contributed by atoms with van der Waals surface area (Å²) >= 11 is 0. The highest BCUT2D eigenvalue weighted by molar-refractivity contribution is 5.94. The van der Waals surface area contributed by atoms with Crippen molar-refractivity contribution in [3.63, 3.8) is 0 Å². The number of carbonyl (C=O) groups is 1. The molecule has 0 spiro atoms. The van der Waals surface area contributed by atoms with Gasteiger partial charge in [-0.3, -0.25) is 9.48 Å². The van der Waals surface area contributed by atoms with E-state index < -0.39 is 5.41 Å². The summed E-state index contributed by atoms with van der Waals surface area (Å²) in [6.45, 7) is 8.23. The topological polar surface area (TPSA) is 72.9 Å². The average molecular weight is 238 g/mol. The molecule has 1 aromatic heterocycles. The molecule has 0 radical (unpaired) electrons. The van der Waals surface area contributed by atoms with Crippen molar-refractivity contribution in [3.8, 4) is 0 Å². The average Bonchev–Trinajstić information content (AvgIpc) is 2.76. The summed E-state index contributed by atoms with van der Waals surface area (Å²) in [5.74, 6) is 0.508. The van der Waals surface area contributed by atoms with Crippen LogP contribution in [0.3, 0.4) is 0 Å². The van der Waals surface area contributed by atoms with Gasteiger partial charge >= 0.3 is 0 Å². The van der Waals surface area contributed by atoms with E-state index in [1.54, 1.807) is 10.7 Å². The fraction of sp³-hybridized carbons (Fsp3) is 0.667. The maximum absolute atomic E-state index is 12.0. The summed E-state index contributed by atoms with van der Waals surface area (Å²) < 4.78 is 1.81. The van der Waals surface area contributed by atoms with Crippen molar-refractivity contribution >= 4 is 11.7 Å². The van der Waals surface area contributed by atoms with Crippen LogP contribution in [0.25, 0.3) is 0 Å². The number of amides is 1. The van der Waals surface area contributed by atoms with Gasteiger partial charge in [0.25, 0.3) is 0 Å². The summed E-state index contributed by atoms with van der Waals surface area (Å²) in [5.41, 5.74) is 5.11. The number of nitrogens with one attached hydrogen (secondary N) is 1. The second kappa shape index (κ2) is 5.31. The first kappa shape index (κ1) is 13.7. The molecule has 1 atom stereocenters. The number of hydrogen-bond acceptors (Lipinski definition) is 3. The minimum atomic E-state index is -0.526. The van der Waals surface area contributed by atoms with Gasteiger partial charge < -0.3 is 11.1 Å². The first-order valence-electron chi connectivity index (χ1n) is 5.99. The minimum absolute atomic E-state index is 0.0727. The van der Waals surface area contributed by atoms with Gasteiger partial charge in [0, 0.05) is 24.8 Å². The zero-order chi connectivity index (χ0) is 13.1. The molecule has 0 aliphatic rings. The number of hydrogen-bond donors (Lipinski definition) is 2. The van der Waals surface area contributed by atoms with Crippen LogP contribution in [0.1, 0.15) is 40.2 Å². The summed E-state index contributed by atoms with van der Waals surface area (Å²) in [7, 11) is 0. The van der Waals surface area contributed by atoms with Crippen molar-refractivity contribution in [2.45, 2.75) is 40.2 Å². The molecule has 1 amide bonds. The Morgan fingerprint density at radius 1 is 1.65 bits per heavy atom. The molecule has 5 heteroatoms. The van der Waals surface area contributed by atoms with Crippen LogP contribution in [0.15, 0.2) is 12.3 Å². The van der Waals surface area contributed by atoms with Crippen LogP contribution in [0, 0.1) is 5.41 Å². The molecule has 0 bridgehead atoms. The van der Waals surface area contributed by atoms with Crippen LogP contribution < -0.4 is 11.1 Å². The molecular formula is C12H22N4O. The highest BCUT2D eigenvalue weighted by atomic mass is 16.2. The predicted octanol–water partition coefficient (Wildman–Crippen LogP) is 1.78. The third kappa shape index (κ3) is 3.06. The molecule has 1 aromatic rings. The van der Waals surface area contributed by atoms with E-state index in [0.29, 0.717) is 18.8 Å². The summed E-state index contributed by atoms with van der Waals surface area (Å²) in [6.07, 6.45) is 2.56. The van der Waals surface area contributed by atoms with E-state index in [4.69, 9.17) is 5.73 Å². The number of carbonyl (C=O) groups excluding carboxylic acids is 1. The standard InChI is InChI=1S/C12H22N4O/c1-5-12(4,8-13)11(17)14-10-6-7-16(15-10)9(2)3/h6-7,9H,5,8,13H2,1-4H3,(H,14,15,17). The van der Waals surface area contributed by atoms with Gasteiger partial charge in [0.1, 0.15) is 0 Å². The summed E-state index contributed by atoms with van der Waals surface area (Å²) in [4.78, 5) is 12.0. The van der Waals surface area contributed by atoms with Gasteiger partial charge in [-0.2, -0.15) is 5.10 Å². The lowest BCUT2D eigenvalue weighted by atomic mass is 9.87. The lowest BCUT2D eigenvalue weighted by Crippen LogP contribution is -2.39. The number of nitrogens with two attached hydrogens (primary N) is 1. The molecule has 96 valence electrons. The van der Waals surface area contributed by atoms with E-state index in [2.05, 4.69) is 10.4 Å². The molecule has 1 rings (SSSR count). The number of nitrogens with zero attached hydrogens (tertiary/aromatic N) is 2. The van der Waals surface area contributed by atoms with Crippen molar-refractivity contribution in [3.05, 3.63) is 12.3 Å². The van der Waals surface area contributed by atoms with Crippen LogP contribution in [-0.2, 0) is 4.79 Å². The van der Waals surface area contributed by atoms with Crippen molar-refractivity contribution in [2.24, 2.45) is 11.1 Å². The van der Waals surface area contributed by atoms with E-state index >= 15 is 0 Å². The molecule has 1 heterocycles. The normalized spacial score (nSPS) is 14.7. The quantitative estimate of drug-likeness (QED) is 0.821. The van der Waals surface area contributed by atoms with Gasteiger partial charge in [-0.05, 0) is 27.2 Å². The Bertz CT molecular complexity index is 380. The lowest BCUT2D eigenvalue weighted by molar-refractivity contribution is -0.124. The molecule has 0 aliphatic carbocycles. The molecule has 5 nitrogen and oxygen atoms in total. The van der Waals surface area contributed by atoms with Crippen LogP contribution in [0.4, 0.5) is 5.82 Å². The fourth-order valence-corrected chi connectivity index (χ4v) is 1.36. The molecule has 0 aliphatic heterocycles. The van der Waals surface area contributed by atoms with E-state index in [0.717, 1.165) is 0 Å². The van der Waals surface area contributed by atoms with Crippen LogP contribution in [-0.4, -0.2) is 22.2 Å². The smallest absolute Gasteiger partial charge is 0.232 e. The molecule has 0 saturated heterocycles. The molecule has 1 unspecified atom stereocenters. The molecule has 17 heavy (non-hydrogen) atoms. The van der Waals surface area contributed by atoms with Gasteiger partial charge in [-0.15, -0.1) is 0 Å².